The van der Waals surface area contributed by atoms with Crippen molar-refractivity contribution in [3.05, 3.63) is 77.7 Å². The van der Waals surface area contributed by atoms with E-state index in [2.05, 4.69) is 10.0 Å². The lowest BCUT2D eigenvalue weighted by atomic mass is 10.1. The maximum Gasteiger partial charge on any atom is 0.322 e. The van der Waals surface area contributed by atoms with Gasteiger partial charge in [0.05, 0.1) is 4.90 Å². The third-order valence-corrected chi connectivity index (χ3v) is 11.3. The van der Waals surface area contributed by atoms with Crippen molar-refractivity contribution in [3.8, 4) is 0 Å². The number of sulfonamides is 2. The maximum atomic E-state index is 13.4. The lowest BCUT2D eigenvalue weighted by molar-refractivity contribution is -0.142. The fourth-order valence-corrected chi connectivity index (χ4v) is 8.40. The molecule has 43 heavy (non-hydrogen) atoms. The van der Waals surface area contributed by atoms with E-state index in [9.17, 15) is 31.5 Å². The zero-order chi connectivity index (χ0) is 31.6. The van der Waals surface area contributed by atoms with Gasteiger partial charge in [-0.1, -0.05) is 50.2 Å². The molecule has 0 aliphatic rings. The van der Waals surface area contributed by atoms with Gasteiger partial charge in [-0.25, -0.2) is 16.8 Å². The van der Waals surface area contributed by atoms with Crippen LogP contribution in [0, 0.1) is 5.92 Å². The molecule has 14 heteroatoms. The molecule has 0 unspecified atom stereocenters. The third-order valence-electron chi connectivity index (χ3n) is 6.52. The first-order chi connectivity index (χ1) is 20.3. The Morgan fingerprint density at radius 2 is 1.63 bits per heavy atom. The van der Waals surface area contributed by atoms with Gasteiger partial charge in [-0.2, -0.15) is 9.03 Å². The zero-order valence-electron chi connectivity index (χ0n) is 24.0. The summed E-state index contributed by atoms with van der Waals surface area (Å²) in [5.41, 5.74) is 6.85. The van der Waals surface area contributed by atoms with Crippen molar-refractivity contribution in [2.24, 2.45) is 5.92 Å². The molecule has 3 aromatic rings. The minimum Gasteiger partial charge on any atom is -0.480 e. The number of nitrogens with zero attached hydrogens (tertiary/aromatic N) is 1. The Morgan fingerprint density at radius 3 is 2.21 bits per heavy atom. The summed E-state index contributed by atoms with van der Waals surface area (Å²) in [6, 6.07) is 15.3. The van der Waals surface area contributed by atoms with Crippen molar-refractivity contribution < 1.29 is 31.5 Å². The fraction of sp³-hybridized carbons (Fsp3) is 0.379. The molecule has 0 saturated carbocycles. The second-order valence-electron chi connectivity index (χ2n) is 10.5. The number of carbonyl (C=O) groups excluding carboxylic acids is 1. The predicted molar refractivity (Wildman–Crippen MR) is 166 cm³/mol. The van der Waals surface area contributed by atoms with E-state index in [1.807, 2.05) is 6.07 Å². The van der Waals surface area contributed by atoms with Crippen molar-refractivity contribution in [1.82, 2.24) is 14.3 Å². The van der Waals surface area contributed by atoms with Crippen LogP contribution in [0.3, 0.4) is 0 Å². The summed E-state index contributed by atoms with van der Waals surface area (Å²) >= 11 is 1.04. The van der Waals surface area contributed by atoms with E-state index in [1.165, 1.54) is 30.3 Å². The summed E-state index contributed by atoms with van der Waals surface area (Å²) in [6.45, 7) is 3.76. The van der Waals surface area contributed by atoms with Crippen molar-refractivity contribution in [2.75, 3.05) is 18.8 Å². The van der Waals surface area contributed by atoms with Crippen molar-refractivity contribution in [1.29, 1.82) is 0 Å². The molecule has 11 nitrogen and oxygen atoms in total. The van der Waals surface area contributed by atoms with Gasteiger partial charge in [-0.15, -0.1) is 11.3 Å². The van der Waals surface area contributed by atoms with Crippen LogP contribution >= 0.6 is 11.3 Å². The standard InChI is InChI=1S/C29H38N4O7S3/c1-21(2)20-33(43(39,40)24-15-13-23(30)14-16-24)26(29(35)36)11-6-7-17-31-28(34)25(19-22-9-4-3-5-10-22)32-42(37,38)27-12-8-18-41-27/h3-5,8-10,12-16,18,21,25-26,32H,6-7,11,17,19-20,30H2,1-2H3,(H,31,34)(H,35,36)/t25-,26-/m0/s1. The number of unbranched alkanes of at least 4 members (excludes halogenated alkanes) is 1. The van der Waals surface area contributed by atoms with Gasteiger partial charge in [0.1, 0.15) is 16.3 Å². The quantitative estimate of drug-likeness (QED) is 0.127. The Morgan fingerprint density at radius 1 is 0.953 bits per heavy atom. The number of hydrogen-bond acceptors (Lipinski definition) is 8. The van der Waals surface area contributed by atoms with Gasteiger partial charge >= 0.3 is 5.97 Å². The molecule has 1 amide bonds. The smallest absolute Gasteiger partial charge is 0.322 e. The van der Waals surface area contributed by atoms with Crippen LogP contribution in [0.2, 0.25) is 0 Å². The first-order valence-corrected chi connectivity index (χ1v) is 17.6. The summed E-state index contributed by atoms with van der Waals surface area (Å²) < 4.78 is 56.2. The first-order valence-electron chi connectivity index (χ1n) is 13.8. The molecule has 0 radical (unpaired) electrons. The molecule has 0 aliphatic heterocycles. The fourth-order valence-electron chi connectivity index (χ4n) is 4.42. The monoisotopic (exact) mass is 650 g/mol. The second kappa shape index (κ2) is 15.4. The molecule has 5 N–H and O–H groups in total. The number of carbonyl (C=O) groups is 2. The molecule has 1 heterocycles. The minimum atomic E-state index is -4.13. The molecule has 234 valence electrons. The van der Waals surface area contributed by atoms with Gasteiger partial charge in [0.2, 0.25) is 15.9 Å². The number of nitrogen functional groups attached to an aromatic ring is 1. The van der Waals surface area contributed by atoms with Gasteiger partial charge in [0, 0.05) is 18.8 Å². The van der Waals surface area contributed by atoms with Crippen molar-refractivity contribution in [3.63, 3.8) is 0 Å². The number of hydrogen-bond donors (Lipinski definition) is 4. The number of nitrogens with two attached hydrogens (primary N) is 1. The first kappa shape index (κ1) is 34.2. The van der Waals surface area contributed by atoms with E-state index in [0.29, 0.717) is 18.5 Å². The minimum absolute atomic E-state index is 0.00591. The summed E-state index contributed by atoms with van der Waals surface area (Å²) in [5, 5.41) is 14.4. The topological polar surface area (TPSA) is 176 Å². The van der Waals surface area contributed by atoms with Gasteiger partial charge in [-0.3, -0.25) is 9.59 Å². The van der Waals surface area contributed by atoms with Crippen molar-refractivity contribution in [2.45, 2.75) is 60.7 Å². The number of anilines is 1. The molecule has 0 spiro atoms. The maximum absolute atomic E-state index is 13.4. The molecule has 0 aliphatic carbocycles. The number of carboxylic acid groups (broad SMARTS) is 1. The highest BCUT2D eigenvalue weighted by atomic mass is 32.2. The number of aliphatic carboxylic acids is 1. The Kier molecular flexibility index (Phi) is 12.3. The molecule has 0 fully saturated rings. The largest absolute Gasteiger partial charge is 0.480 e. The SMILES string of the molecule is CC(C)CN([C@@H](CCCCNC(=O)[C@H](Cc1ccccc1)NS(=O)(=O)c1cccs1)C(=O)O)S(=O)(=O)c1ccc(N)cc1. The summed E-state index contributed by atoms with van der Waals surface area (Å²) in [7, 11) is -8.05. The van der Waals surface area contributed by atoms with E-state index in [0.717, 1.165) is 21.2 Å². The molecule has 0 saturated heterocycles. The molecule has 2 aromatic carbocycles. The number of thiophene rings is 1. The van der Waals surface area contributed by atoms with Crippen LogP contribution in [0.15, 0.2) is 81.2 Å². The number of carboxylic acids is 1. The van der Waals surface area contributed by atoms with Crippen LogP contribution in [-0.4, -0.2) is 63.3 Å². The van der Waals surface area contributed by atoms with Crippen LogP contribution < -0.4 is 15.8 Å². The van der Waals surface area contributed by atoms with Crippen LogP contribution in [0.5, 0.6) is 0 Å². The van der Waals surface area contributed by atoms with Crippen LogP contribution in [-0.2, 0) is 36.1 Å². The molecule has 1 aromatic heterocycles. The number of nitrogens with one attached hydrogen (secondary N) is 2. The highest BCUT2D eigenvalue weighted by molar-refractivity contribution is 7.91. The van der Waals surface area contributed by atoms with E-state index >= 15 is 0 Å². The zero-order valence-corrected chi connectivity index (χ0v) is 26.5. The lowest BCUT2D eigenvalue weighted by Gasteiger charge is -2.29. The van der Waals surface area contributed by atoms with Crippen LogP contribution in [0.25, 0.3) is 0 Å². The Labute approximate surface area is 257 Å². The summed E-state index contributed by atoms with van der Waals surface area (Å²) in [6.07, 6.45) is 0.798. The summed E-state index contributed by atoms with van der Waals surface area (Å²) in [5.74, 6) is -1.93. The predicted octanol–water partition coefficient (Wildman–Crippen LogP) is 3.31. The van der Waals surface area contributed by atoms with Gasteiger partial charge in [0.25, 0.3) is 10.0 Å². The molecule has 2 atom stereocenters. The van der Waals surface area contributed by atoms with E-state index in [1.54, 1.807) is 49.6 Å². The molecular formula is C29H38N4O7S3. The lowest BCUT2D eigenvalue weighted by Crippen LogP contribution is -2.48. The number of rotatable bonds is 17. The highest BCUT2D eigenvalue weighted by Gasteiger charge is 2.36. The van der Waals surface area contributed by atoms with E-state index in [4.69, 9.17) is 5.73 Å². The Hall–Kier alpha value is -3.30. The average Bonchev–Trinajstić information content (AvgIpc) is 3.50. The van der Waals surface area contributed by atoms with Crippen LogP contribution in [0.1, 0.15) is 38.7 Å². The van der Waals surface area contributed by atoms with Gasteiger partial charge in [0.15, 0.2) is 0 Å². The highest BCUT2D eigenvalue weighted by Crippen LogP contribution is 2.24. The normalized spacial score (nSPS) is 13.6. The van der Waals surface area contributed by atoms with Gasteiger partial charge in [-0.05, 0) is 72.9 Å². The second-order valence-corrected chi connectivity index (χ2v) is 15.3. The Balaban J connectivity index is 1.65. The number of benzene rings is 2. The molecule has 0 bridgehead atoms. The number of amides is 1. The molecule has 3 rings (SSSR count). The van der Waals surface area contributed by atoms with E-state index in [-0.39, 0.29) is 41.0 Å². The van der Waals surface area contributed by atoms with Crippen LogP contribution in [0.4, 0.5) is 5.69 Å². The summed E-state index contributed by atoms with van der Waals surface area (Å²) in [4.78, 5) is 25.3. The van der Waals surface area contributed by atoms with Gasteiger partial charge < -0.3 is 16.2 Å². The molecular weight excluding hydrogens is 613 g/mol. The van der Waals surface area contributed by atoms with E-state index < -0.39 is 44.0 Å². The Bertz CT molecular complexity index is 1550. The van der Waals surface area contributed by atoms with Crippen molar-refractivity contribution >= 4 is 48.9 Å². The average molecular weight is 651 g/mol. The third kappa shape index (κ3) is 9.86.